The van der Waals surface area contributed by atoms with E-state index in [4.69, 9.17) is 14.2 Å². The van der Waals surface area contributed by atoms with Gasteiger partial charge in [0.25, 0.3) is 5.56 Å². The fourth-order valence-corrected chi connectivity index (χ4v) is 4.65. The number of aromatic nitrogens is 2. The molecule has 0 fully saturated rings. The molecule has 0 spiro atoms. The van der Waals surface area contributed by atoms with E-state index in [0.29, 0.717) is 32.0 Å². The van der Waals surface area contributed by atoms with Gasteiger partial charge in [0.1, 0.15) is 28.7 Å². The average Bonchev–Trinajstić information content (AvgIpc) is 3.21. The number of carbonyl (C=O) groups is 2. The summed E-state index contributed by atoms with van der Waals surface area (Å²) in [7, 11) is 0. The first-order valence-corrected chi connectivity index (χ1v) is 12.3. The number of hydrogen-bond donors (Lipinski definition) is 0. The summed E-state index contributed by atoms with van der Waals surface area (Å²) in [6.07, 6.45) is 1.22. The molecule has 2 aromatic carbocycles. The van der Waals surface area contributed by atoms with Crippen LogP contribution in [0.5, 0.6) is 5.75 Å². The van der Waals surface area contributed by atoms with Crippen molar-refractivity contribution in [2.75, 3.05) is 13.2 Å². The molecule has 2 heterocycles. The van der Waals surface area contributed by atoms with Gasteiger partial charge in [0.2, 0.25) is 0 Å². The van der Waals surface area contributed by atoms with E-state index < -0.39 is 11.9 Å². The molecular weight excluding hydrogens is 480 g/mol. The molecule has 0 saturated heterocycles. The molecule has 186 valence electrons. The van der Waals surface area contributed by atoms with E-state index in [0.717, 1.165) is 16.9 Å². The summed E-state index contributed by atoms with van der Waals surface area (Å²) in [5.41, 5.74) is 1.43. The maximum absolute atomic E-state index is 13.2. The topological polar surface area (TPSA) is 96.7 Å². The first-order valence-electron chi connectivity index (χ1n) is 11.5. The van der Waals surface area contributed by atoms with E-state index in [1.807, 2.05) is 36.4 Å². The van der Waals surface area contributed by atoms with Crippen molar-refractivity contribution in [3.63, 3.8) is 0 Å². The molecule has 0 atom stereocenters. The number of para-hydroxylation sites is 1. The van der Waals surface area contributed by atoms with Gasteiger partial charge in [-0.15, -0.1) is 11.3 Å². The Morgan fingerprint density at radius 3 is 2.56 bits per heavy atom. The lowest BCUT2D eigenvalue weighted by Gasteiger charge is -2.10. The number of hydrogen-bond acceptors (Lipinski definition) is 8. The van der Waals surface area contributed by atoms with Crippen molar-refractivity contribution in [2.45, 2.75) is 33.4 Å². The van der Waals surface area contributed by atoms with Crippen LogP contribution in [-0.2, 0) is 16.0 Å². The molecule has 0 radical (unpaired) electrons. The van der Waals surface area contributed by atoms with Crippen LogP contribution in [0.25, 0.3) is 10.2 Å². The molecule has 4 rings (SSSR count). The molecule has 4 aromatic rings. The number of carbonyl (C=O) groups excluding carboxylic acids is 2. The van der Waals surface area contributed by atoms with Gasteiger partial charge in [-0.05, 0) is 56.2 Å². The highest BCUT2D eigenvalue weighted by Crippen LogP contribution is 2.27. The summed E-state index contributed by atoms with van der Waals surface area (Å²) in [5, 5.41) is 0.380. The van der Waals surface area contributed by atoms with Crippen molar-refractivity contribution in [3.8, 4) is 5.75 Å². The Kier molecular flexibility index (Phi) is 7.80. The number of thiophene rings is 1. The van der Waals surface area contributed by atoms with Crippen molar-refractivity contribution in [3.05, 3.63) is 92.8 Å². The van der Waals surface area contributed by atoms with Crippen molar-refractivity contribution in [1.29, 1.82) is 0 Å². The predicted molar refractivity (Wildman–Crippen MR) is 137 cm³/mol. The van der Waals surface area contributed by atoms with Crippen LogP contribution in [0.4, 0.5) is 0 Å². The van der Waals surface area contributed by atoms with Gasteiger partial charge in [-0.3, -0.25) is 9.36 Å². The van der Waals surface area contributed by atoms with E-state index in [2.05, 4.69) is 4.98 Å². The molecule has 0 bridgehead atoms. The number of fused-ring (bicyclic) bond motifs is 1. The highest BCUT2D eigenvalue weighted by atomic mass is 32.1. The van der Waals surface area contributed by atoms with Gasteiger partial charge in [0, 0.05) is 0 Å². The lowest BCUT2D eigenvalue weighted by molar-refractivity contribution is 0.0376. The summed E-state index contributed by atoms with van der Waals surface area (Å²) < 4.78 is 17.6. The smallest absolute Gasteiger partial charge is 0.348 e. The molecule has 0 unspecified atom stereocenters. The number of rotatable bonds is 9. The first kappa shape index (κ1) is 25.1. The summed E-state index contributed by atoms with van der Waals surface area (Å²) in [4.78, 5) is 43.3. The van der Waals surface area contributed by atoms with Crippen LogP contribution in [0, 0.1) is 6.92 Å². The lowest BCUT2D eigenvalue weighted by atomic mass is 10.1. The van der Waals surface area contributed by atoms with E-state index in [1.54, 1.807) is 39.0 Å². The minimum absolute atomic E-state index is 0.0780. The molecule has 36 heavy (non-hydrogen) atoms. The maximum Gasteiger partial charge on any atom is 0.348 e. The normalized spacial score (nSPS) is 11.0. The number of nitrogens with zero attached hydrogens (tertiary/aromatic N) is 2. The Bertz CT molecular complexity index is 1440. The van der Waals surface area contributed by atoms with Gasteiger partial charge in [0.05, 0.1) is 29.9 Å². The molecule has 0 N–H and O–H groups in total. The van der Waals surface area contributed by atoms with Crippen LogP contribution in [0.3, 0.4) is 0 Å². The van der Waals surface area contributed by atoms with Crippen LogP contribution >= 0.6 is 11.3 Å². The Hall–Kier alpha value is -3.98. The number of aryl methyl sites for hydroxylation is 1. The largest absolute Gasteiger partial charge is 0.490 e. The molecule has 2 aromatic heterocycles. The Labute approximate surface area is 212 Å². The standard InChI is InChI=1S/C27H26N2O6S/c1-17(2)35-26(31)20-9-7-8-19(14-20)15-29-16-28-24-22(25(29)30)18(3)23(36-24)27(32)34-13-12-33-21-10-5-4-6-11-21/h4-11,14,16-17H,12-13,15H2,1-3H3. The van der Waals surface area contributed by atoms with Gasteiger partial charge >= 0.3 is 11.9 Å². The van der Waals surface area contributed by atoms with Crippen LogP contribution in [0.2, 0.25) is 0 Å². The van der Waals surface area contributed by atoms with Crippen molar-refractivity contribution < 1.29 is 23.8 Å². The fraction of sp³-hybridized carbons (Fsp3) is 0.259. The van der Waals surface area contributed by atoms with Gasteiger partial charge in [0.15, 0.2) is 0 Å². The molecule has 0 aliphatic rings. The second kappa shape index (κ2) is 11.2. The Morgan fingerprint density at radius 1 is 1.03 bits per heavy atom. The van der Waals surface area contributed by atoms with E-state index in [1.165, 1.54) is 10.9 Å². The summed E-state index contributed by atoms with van der Waals surface area (Å²) >= 11 is 1.13. The van der Waals surface area contributed by atoms with Gasteiger partial charge in [-0.1, -0.05) is 30.3 Å². The minimum Gasteiger partial charge on any atom is -0.490 e. The zero-order valence-electron chi connectivity index (χ0n) is 20.2. The summed E-state index contributed by atoms with van der Waals surface area (Å²) in [5.74, 6) is -0.244. The molecule has 0 aliphatic carbocycles. The predicted octanol–water partition coefficient (Wildman–Crippen LogP) is 4.62. The summed E-state index contributed by atoms with van der Waals surface area (Å²) in [6.45, 7) is 5.80. The highest BCUT2D eigenvalue weighted by Gasteiger charge is 2.21. The van der Waals surface area contributed by atoms with E-state index in [-0.39, 0.29) is 31.4 Å². The Morgan fingerprint density at radius 2 is 1.81 bits per heavy atom. The lowest BCUT2D eigenvalue weighted by Crippen LogP contribution is -2.21. The molecular formula is C27H26N2O6S. The third-order valence-electron chi connectivity index (χ3n) is 5.29. The Balaban J connectivity index is 1.48. The molecule has 0 saturated carbocycles. The molecule has 8 nitrogen and oxygen atoms in total. The SMILES string of the molecule is Cc1c(C(=O)OCCOc2ccccc2)sc2ncn(Cc3cccc(C(=O)OC(C)C)c3)c(=O)c12. The van der Waals surface area contributed by atoms with Crippen LogP contribution in [0.1, 0.15) is 45.0 Å². The van der Waals surface area contributed by atoms with Crippen molar-refractivity contribution >= 4 is 33.5 Å². The van der Waals surface area contributed by atoms with Crippen LogP contribution in [0.15, 0.2) is 65.7 Å². The number of ether oxygens (including phenoxy) is 3. The highest BCUT2D eigenvalue weighted by molar-refractivity contribution is 7.20. The maximum atomic E-state index is 13.2. The van der Waals surface area contributed by atoms with Crippen molar-refractivity contribution in [2.24, 2.45) is 0 Å². The van der Waals surface area contributed by atoms with Gasteiger partial charge < -0.3 is 14.2 Å². The zero-order chi connectivity index (χ0) is 25.7. The first-order chi connectivity index (χ1) is 17.3. The summed E-state index contributed by atoms with van der Waals surface area (Å²) in [6, 6.07) is 16.2. The average molecular weight is 507 g/mol. The van der Waals surface area contributed by atoms with Crippen LogP contribution < -0.4 is 10.3 Å². The molecule has 0 amide bonds. The third-order valence-corrected chi connectivity index (χ3v) is 6.47. The third kappa shape index (κ3) is 5.80. The second-order valence-corrected chi connectivity index (χ2v) is 9.36. The quantitative estimate of drug-likeness (QED) is 0.241. The number of esters is 2. The van der Waals surface area contributed by atoms with Gasteiger partial charge in [-0.2, -0.15) is 0 Å². The monoisotopic (exact) mass is 506 g/mol. The fourth-order valence-electron chi connectivity index (χ4n) is 3.62. The van der Waals surface area contributed by atoms with E-state index >= 15 is 0 Å². The number of benzene rings is 2. The van der Waals surface area contributed by atoms with Crippen molar-refractivity contribution in [1.82, 2.24) is 9.55 Å². The molecule has 9 heteroatoms. The zero-order valence-corrected chi connectivity index (χ0v) is 21.0. The van der Waals surface area contributed by atoms with Gasteiger partial charge in [-0.25, -0.2) is 14.6 Å². The van der Waals surface area contributed by atoms with E-state index in [9.17, 15) is 14.4 Å². The second-order valence-electron chi connectivity index (χ2n) is 8.37. The van der Waals surface area contributed by atoms with Crippen LogP contribution in [-0.4, -0.2) is 40.8 Å². The minimum atomic E-state index is -0.519. The molecule has 0 aliphatic heterocycles.